The van der Waals surface area contributed by atoms with Crippen molar-refractivity contribution in [1.82, 2.24) is 15.1 Å². The molecular weight excluding hydrogens is 294 g/mol. The molecule has 2 saturated heterocycles. The van der Waals surface area contributed by atoms with Crippen molar-refractivity contribution >= 4 is 11.9 Å². The van der Waals surface area contributed by atoms with Crippen LogP contribution in [-0.2, 0) is 14.3 Å². The van der Waals surface area contributed by atoms with Gasteiger partial charge in [0.1, 0.15) is 5.60 Å². The molecule has 1 amide bonds. The lowest BCUT2D eigenvalue weighted by molar-refractivity contribution is -0.152. The van der Waals surface area contributed by atoms with E-state index in [1.165, 1.54) is 0 Å². The number of amides is 1. The number of likely N-dealkylation sites (tertiary alicyclic amines) is 1. The minimum atomic E-state index is -0.492. The van der Waals surface area contributed by atoms with E-state index >= 15 is 0 Å². The number of nitrogens with zero attached hydrogens (tertiary/aromatic N) is 2. The van der Waals surface area contributed by atoms with Crippen molar-refractivity contribution in [1.29, 1.82) is 0 Å². The first-order chi connectivity index (χ1) is 11.2. The molecule has 1 spiro atoms. The predicted molar refractivity (Wildman–Crippen MR) is 82.5 cm³/mol. The molecule has 2 aliphatic heterocycles. The Labute approximate surface area is 135 Å². The van der Waals surface area contributed by atoms with E-state index in [0.717, 1.165) is 57.3 Å². The van der Waals surface area contributed by atoms with Gasteiger partial charge in [0.25, 0.3) is 0 Å². The minimum absolute atomic E-state index is 0.126. The van der Waals surface area contributed by atoms with E-state index in [4.69, 9.17) is 4.74 Å². The molecule has 0 unspecified atom stereocenters. The molecule has 3 aliphatic rings. The van der Waals surface area contributed by atoms with E-state index in [9.17, 15) is 9.59 Å². The van der Waals surface area contributed by atoms with Crippen LogP contribution in [0.15, 0.2) is 12.3 Å². The molecule has 1 aromatic rings. The molecule has 1 aliphatic carbocycles. The number of aromatic amines is 1. The van der Waals surface area contributed by atoms with Crippen molar-refractivity contribution in [3.63, 3.8) is 0 Å². The van der Waals surface area contributed by atoms with Crippen LogP contribution in [0.4, 0.5) is 0 Å². The summed E-state index contributed by atoms with van der Waals surface area (Å²) in [7, 11) is 0. The van der Waals surface area contributed by atoms with E-state index < -0.39 is 5.60 Å². The highest BCUT2D eigenvalue weighted by molar-refractivity contribution is 5.88. The Morgan fingerprint density at radius 1 is 1.30 bits per heavy atom. The topological polar surface area (TPSA) is 75.3 Å². The van der Waals surface area contributed by atoms with Crippen molar-refractivity contribution in [2.75, 3.05) is 13.1 Å². The zero-order valence-electron chi connectivity index (χ0n) is 13.3. The third-order valence-corrected chi connectivity index (χ3v) is 5.84. The molecule has 23 heavy (non-hydrogen) atoms. The summed E-state index contributed by atoms with van der Waals surface area (Å²) in [5, 5.41) is 7.04. The summed E-state index contributed by atoms with van der Waals surface area (Å²) in [4.78, 5) is 26.7. The quantitative estimate of drug-likeness (QED) is 0.847. The van der Waals surface area contributed by atoms with Crippen LogP contribution in [0.5, 0.6) is 0 Å². The Hall–Kier alpha value is -1.85. The number of H-pyrrole nitrogens is 1. The van der Waals surface area contributed by atoms with Gasteiger partial charge >= 0.3 is 5.97 Å². The van der Waals surface area contributed by atoms with Crippen molar-refractivity contribution in [2.45, 2.75) is 56.5 Å². The molecule has 4 rings (SSSR count). The summed E-state index contributed by atoms with van der Waals surface area (Å²) in [6, 6.07) is 2.01. The number of aromatic nitrogens is 2. The molecule has 1 atom stereocenters. The van der Waals surface area contributed by atoms with E-state index in [1.807, 2.05) is 11.0 Å². The Bertz CT molecular complexity index is 584. The number of hydrogen-bond acceptors (Lipinski definition) is 4. The Balaban J connectivity index is 1.42. The molecule has 3 heterocycles. The number of esters is 1. The standard InChI is InChI=1S/C17H23N3O3/c21-15-11-13(17(23-15)6-1-2-7-17)16(22)20-9-4-12(5-10-20)14-3-8-18-19-14/h3,8,12-13H,1-2,4-7,9-11H2,(H,18,19)/t13-/m0/s1. The molecule has 124 valence electrons. The van der Waals surface area contributed by atoms with Gasteiger partial charge in [-0.1, -0.05) is 0 Å². The van der Waals surface area contributed by atoms with Gasteiger partial charge in [0.05, 0.1) is 12.3 Å². The van der Waals surface area contributed by atoms with Crippen molar-refractivity contribution < 1.29 is 14.3 Å². The zero-order valence-corrected chi connectivity index (χ0v) is 13.3. The average molecular weight is 317 g/mol. The molecule has 6 heteroatoms. The number of rotatable bonds is 2. The number of hydrogen-bond donors (Lipinski definition) is 1. The average Bonchev–Trinajstić information content (AvgIpc) is 3.29. The molecule has 1 aromatic heterocycles. The number of carbonyl (C=O) groups is 2. The second-order valence-electron chi connectivity index (χ2n) is 7.11. The summed E-state index contributed by atoms with van der Waals surface area (Å²) in [5.74, 6) is 0.114. The highest BCUT2D eigenvalue weighted by Crippen LogP contribution is 2.46. The van der Waals surface area contributed by atoms with E-state index in [-0.39, 0.29) is 24.2 Å². The van der Waals surface area contributed by atoms with Crippen LogP contribution < -0.4 is 0 Å². The van der Waals surface area contributed by atoms with Gasteiger partial charge in [-0.2, -0.15) is 5.10 Å². The van der Waals surface area contributed by atoms with E-state index in [2.05, 4.69) is 10.2 Å². The normalized spacial score (nSPS) is 27.6. The van der Waals surface area contributed by atoms with E-state index in [0.29, 0.717) is 5.92 Å². The van der Waals surface area contributed by atoms with Gasteiger partial charge in [-0.3, -0.25) is 14.7 Å². The fourth-order valence-electron chi connectivity index (χ4n) is 4.55. The minimum Gasteiger partial charge on any atom is -0.458 e. The van der Waals surface area contributed by atoms with Gasteiger partial charge in [0.15, 0.2) is 0 Å². The van der Waals surface area contributed by atoms with Crippen LogP contribution in [0, 0.1) is 5.92 Å². The maximum atomic E-state index is 13.0. The highest BCUT2D eigenvalue weighted by Gasteiger charge is 2.54. The first-order valence-electron chi connectivity index (χ1n) is 8.68. The number of carbonyl (C=O) groups excluding carboxylic acids is 2. The first-order valence-corrected chi connectivity index (χ1v) is 8.68. The Morgan fingerprint density at radius 3 is 2.70 bits per heavy atom. The summed E-state index contributed by atoms with van der Waals surface area (Å²) >= 11 is 0. The first kappa shape index (κ1) is 14.7. The lowest BCUT2D eigenvalue weighted by atomic mass is 9.83. The predicted octanol–water partition coefficient (Wildman–Crippen LogP) is 1.99. The van der Waals surface area contributed by atoms with Crippen molar-refractivity contribution in [2.24, 2.45) is 5.92 Å². The maximum absolute atomic E-state index is 13.0. The monoisotopic (exact) mass is 317 g/mol. The van der Waals surface area contributed by atoms with Crippen LogP contribution in [-0.4, -0.2) is 45.7 Å². The molecule has 3 fully saturated rings. The molecule has 1 saturated carbocycles. The van der Waals surface area contributed by atoms with Gasteiger partial charge in [0.2, 0.25) is 5.91 Å². The van der Waals surface area contributed by atoms with Crippen LogP contribution in [0.25, 0.3) is 0 Å². The second-order valence-corrected chi connectivity index (χ2v) is 7.11. The fourth-order valence-corrected chi connectivity index (χ4v) is 4.55. The lowest BCUT2D eigenvalue weighted by Gasteiger charge is -2.36. The molecule has 0 radical (unpaired) electrons. The van der Waals surface area contributed by atoms with Crippen LogP contribution in [0.2, 0.25) is 0 Å². The number of piperidine rings is 1. The number of nitrogens with one attached hydrogen (secondary N) is 1. The van der Waals surface area contributed by atoms with E-state index in [1.54, 1.807) is 6.20 Å². The Morgan fingerprint density at radius 2 is 2.04 bits per heavy atom. The van der Waals surface area contributed by atoms with Gasteiger partial charge < -0.3 is 9.64 Å². The van der Waals surface area contributed by atoms with Crippen molar-refractivity contribution in [3.8, 4) is 0 Å². The van der Waals surface area contributed by atoms with Crippen LogP contribution in [0.3, 0.4) is 0 Å². The molecule has 0 aromatic carbocycles. The lowest BCUT2D eigenvalue weighted by Crippen LogP contribution is -2.47. The summed E-state index contributed by atoms with van der Waals surface area (Å²) < 4.78 is 5.61. The summed E-state index contributed by atoms with van der Waals surface area (Å²) in [5.41, 5.74) is 0.665. The molecule has 0 bridgehead atoms. The third-order valence-electron chi connectivity index (χ3n) is 5.84. The Kier molecular flexibility index (Phi) is 3.62. The third kappa shape index (κ3) is 2.54. The van der Waals surface area contributed by atoms with Gasteiger partial charge in [-0.15, -0.1) is 0 Å². The van der Waals surface area contributed by atoms with Gasteiger partial charge in [-0.05, 0) is 44.6 Å². The van der Waals surface area contributed by atoms with Gasteiger partial charge in [0, 0.05) is 30.9 Å². The molecule has 1 N–H and O–H groups in total. The number of ether oxygens (including phenoxy) is 1. The largest absolute Gasteiger partial charge is 0.458 e. The highest BCUT2D eigenvalue weighted by atomic mass is 16.6. The SMILES string of the molecule is O=C1C[C@@H](C(=O)N2CCC(c3ccn[nH]3)CC2)C2(CCCC2)O1. The molecule has 6 nitrogen and oxygen atoms in total. The smallest absolute Gasteiger partial charge is 0.307 e. The maximum Gasteiger partial charge on any atom is 0.307 e. The van der Waals surface area contributed by atoms with Crippen LogP contribution in [0.1, 0.15) is 56.6 Å². The fraction of sp³-hybridized carbons (Fsp3) is 0.706. The summed E-state index contributed by atoms with van der Waals surface area (Å²) in [6.07, 6.45) is 7.74. The molecular formula is C17H23N3O3. The van der Waals surface area contributed by atoms with Crippen molar-refractivity contribution in [3.05, 3.63) is 18.0 Å². The van der Waals surface area contributed by atoms with Gasteiger partial charge in [-0.25, -0.2) is 0 Å². The van der Waals surface area contributed by atoms with Crippen LogP contribution >= 0.6 is 0 Å². The summed E-state index contributed by atoms with van der Waals surface area (Å²) in [6.45, 7) is 1.51. The zero-order chi connectivity index (χ0) is 15.9. The second kappa shape index (κ2) is 5.65.